The lowest BCUT2D eigenvalue weighted by Gasteiger charge is -2.42. The van der Waals surface area contributed by atoms with Gasteiger partial charge in [-0.05, 0) is 18.1 Å². The lowest BCUT2D eigenvalue weighted by atomic mass is 9.96. The van der Waals surface area contributed by atoms with Gasteiger partial charge in [0.25, 0.3) is 5.56 Å². The molecule has 9 heteroatoms. The zero-order valence-corrected chi connectivity index (χ0v) is 17.8. The van der Waals surface area contributed by atoms with E-state index in [0.29, 0.717) is 0 Å². The summed E-state index contributed by atoms with van der Waals surface area (Å²) in [6.07, 6.45) is 0.590. The molecule has 1 aliphatic rings. The Labute approximate surface area is 159 Å². The van der Waals surface area contributed by atoms with E-state index < -0.39 is 43.6 Å². The van der Waals surface area contributed by atoms with E-state index in [4.69, 9.17) is 13.9 Å². The van der Waals surface area contributed by atoms with Crippen LogP contribution in [0.5, 0.6) is 0 Å². The Balaban J connectivity index is 2.54. The van der Waals surface area contributed by atoms with Crippen LogP contribution in [0, 0.1) is 0 Å². The molecule has 27 heavy (non-hydrogen) atoms. The van der Waals surface area contributed by atoms with Gasteiger partial charge >= 0.3 is 5.69 Å². The van der Waals surface area contributed by atoms with Crippen LogP contribution in [-0.2, 0) is 13.9 Å². The minimum absolute atomic E-state index is 0.0828. The largest absolute Gasteiger partial charge is 0.408 e. The second-order valence-electron chi connectivity index (χ2n) is 8.34. The number of methoxy groups -OCH3 is 1. The van der Waals surface area contributed by atoms with Crippen molar-refractivity contribution in [1.29, 1.82) is 0 Å². The molecular formula is C18H30N2O6Si. The fraction of sp³-hybridized carbons (Fsp3) is 0.667. The van der Waals surface area contributed by atoms with Crippen molar-refractivity contribution >= 4 is 8.32 Å². The number of ether oxygens (including phenoxy) is 2. The molecule has 0 aliphatic carbocycles. The summed E-state index contributed by atoms with van der Waals surface area (Å²) in [7, 11) is -0.770. The second kappa shape index (κ2) is 7.48. The number of aromatic amines is 1. The van der Waals surface area contributed by atoms with E-state index >= 15 is 0 Å². The van der Waals surface area contributed by atoms with Gasteiger partial charge in [-0.25, -0.2) is 4.79 Å². The summed E-state index contributed by atoms with van der Waals surface area (Å²) in [5.74, 6) is 0. The monoisotopic (exact) mass is 398 g/mol. The van der Waals surface area contributed by atoms with E-state index in [1.807, 2.05) is 0 Å². The molecule has 0 saturated carbocycles. The predicted octanol–water partition coefficient (Wildman–Crippen LogP) is 1.39. The summed E-state index contributed by atoms with van der Waals surface area (Å²) in [5, 5.41) is 10.0. The van der Waals surface area contributed by atoms with E-state index in [2.05, 4.69) is 45.4 Å². The molecule has 0 radical (unpaired) electrons. The van der Waals surface area contributed by atoms with Gasteiger partial charge in [-0.15, -0.1) is 6.58 Å². The Kier molecular flexibility index (Phi) is 6.03. The van der Waals surface area contributed by atoms with Crippen molar-refractivity contribution in [2.45, 2.75) is 62.9 Å². The van der Waals surface area contributed by atoms with Crippen molar-refractivity contribution in [1.82, 2.24) is 9.55 Å². The standard InChI is InChI=1S/C18H30N2O6Si/c1-8-18(11-21)14(26-27(6,7)17(2,3)4)13(24-5)15(25-18)20-10-9-12(22)19-16(20)23/h8-10,13-15,21H,1,11H2,2-7H3,(H,19,22,23)/t13-,14-,15+,18+/m0/s1. The Morgan fingerprint density at radius 1 is 1.44 bits per heavy atom. The fourth-order valence-corrected chi connectivity index (χ4v) is 4.21. The quantitative estimate of drug-likeness (QED) is 0.554. The van der Waals surface area contributed by atoms with Crippen molar-refractivity contribution in [3.8, 4) is 0 Å². The summed E-state index contributed by atoms with van der Waals surface area (Å²) in [4.78, 5) is 25.9. The van der Waals surface area contributed by atoms with Gasteiger partial charge in [0.1, 0.15) is 17.8 Å². The van der Waals surface area contributed by atoms with Crippen LogP contribution in [0.4, 0.5) is 0 Å². The van der Waals surface area contributed by atoms with Crippen LogP contribution in [-0.4, -0.2) is 54.5 Å². The maximum Gasteiger partial charge on any atom is 0.330 e. The molecule has 1 aromatic heterocycles. The van der Waals surface area contributed by atoms with Crippen molar-refractivity contribution in [3.05, 3.63) is 45.8 Å². The first kappa shape index (κ1) is 21.8. The van der Waals surface area contributed by atoms with Gasteiger partial charge in [0.15, 0.2) is 14.5 Å². The van der Waals surface area contributed by atoms with Crippen LogP contribution in [0.3, 0.4) is 0 Å². The molecule has 4 atom stereocenters. The zero-order chi connectivity index (χ0) is 20.6. The summed E-state index contributed by atoms with van der Waals surface area (Å²) < 4.78 is 19.5. The van der Waals surface area contributed by atoms with E-state index in [0.717, 1.165) is 0 Å². The molecule has 2 heterocycles. The van der Waals surface area contributed by atoms with Crippen molar-refractivity contribution < 1.29 is 19.0 Å². The lowest BCUT2D eigenvalue weighted by Crippen LogP contribution is -2.54. The lowest BCUT2D eigenvalue weighted by molar-refractivity contribution is -0.0990. The van der Waals surface area contributed by atoms with Gasteiger partial charge in [0.05, 0.1) is 6.61 Å². The molecule has 8 nitrogen and oxygen atoms in total. The number of nitrogens with one attached hydrogen (secondary N) is 1. The van der Waals surface area contributed by atoms with E-state index in [9.17, 15) is 14.7 Å². The molecule has 1 fully saturated rings. The van der Waals surface area contributed by atoms with Crippen LogP contribution < -0.4 is 11.2 Å². The van der Waals surface area contributed by atoms with E-state index in [1.165, 1.54) is 30.0 Å². The molecule has 152 valence electrons. The van der Waals surface area contributed by atoms with Crippen LogP contribution in [0.15, 0.2) is 34.5 Å². The fourth-order valence-electron chi connectivity index (χ4n) is 2.89. The third kappa shape index (κ3) is 3.88. The highest BCUT2D eigenvalue weighted by Crippen LogP contribution is 2.45. The highest BCUT2D eigenvalue weighted by Gasteiger charge is 2.58. The number of rotatable bonds is 6. The summed E-state index contributed by atoms with van der Waals surface area (Å²) in [6.45, 7) is 13.9. The van der Waals surface area contributed by atoms with Crippen LogP contribution in [0.2, 0.25) is 18.1 Å². The number of H-pyrrole nitrogens is 1. The molecular weight excluding hydrogens is 368 g/mol. The number of hydrogen-bond acceptors (Lipinski definition) is 6. The predicted molar refractivity (Wildman–Crippen MR) is 104 cm³/mol. The van der Waals surface area contributed by atoms with E-state index in [-0.39, 0.29) is 11.6 Å². The second-order valence-corrected chi connectivity index (χ2v) is 13.1. The van der Waals surface area contributed by atoms with Crippen molar-refractivity contribution in [3.63, 3.8) is 0 Å². The highest BCUT2D eigenvalue weighted by atomic mass is 28.4. The molecule has 0 unspecified atom stereocenters. The molecule has 1 aromatic rings. The maximum atomic E-state index is 12.3. The maximum absolute atomic E-state index is 12.3. The summed E-state index contributed by atoms with van der Waals surface area (Å²) in [5.41, 5.74) is -2.37. The minimum atomic E-state index is -2.27. The normalized spacial score (nSPS) is 29.1. The summed E-state index contributed by atoms with van der Waals surface area (Å²) in [6, 6.07) is 1.23. The highest BCUT2D eigenvalue weighted by molar-refractivity contribution is 6.74. The molecule has 0 bridgehead atoms. The Morgan fingerprint density at radius 3 is 2.52 bits per heavy atom. The first-order chi connectivity index (χ1) is 12.4. The third-order valence-corrected chi connectivity index (χ3v) is 10.1. The summed E-state index contributed by atoms with van der Waals surface area (Å²) >= 11 is 0. The Hall–Kier alpha value is -1.52. The average molecular weight is 399 g/mol. The zero-order valence-electron chi connectivity index (χ0n) is 16.8. The number of aliphatic hydroxyl groups is 1. The minimum Gasteiger partial charge on any atom is -0.408 e. The molecule has 1 aliphatic heterocycles. The Bertz CT molecular complexity index is 796. The number of aliphatic hydroxyl groups excluding tert-OH is 1. The van der Waals surface area contributed by atoms with Gasteiger partial charge < -0.3 is 19.0 Å². The van der Waals surface area contributed by atoms with Gasteiger partial charge in [-0.3, -0.25) is 14.3 Å². The van der Waals surface area contributed by atoms with Gasteiger partial charge in [0.2, 0.25) is 0 Å². The molecule has 1 saturated heterocycles. The molecule has 2 rings (SSSR count). The smallest absolute Gasteiger partial charge is 0.330 e. The first-order valence-electron chi connectivity index (χ1n) is 8.87. The van der Waals surface area contributed by atoms with Gasteiger partial charge in [-0.2, -0.15) is 0 Å². The van der Waals surface area contributed by atoms with Crippen LogP contribution >= 0.6 is 0 Å². The first-order valence-corrected chi connectivity index (χ1v) is 11.8. The average Bonchev–Trinajstić information content (AvgIpc) is 2.87. The van der Waals surface area contributed by atoms with Crippen molar-refractivity contribution in [2.75, 3.05) is 13.7 Å². The van der Waals surface area contributed by atoms with Gasteiger partial charge in [0, 0.05) is 19.4 Å². The van der Waals surface area contributed by atoms with Crippen molar-refractivity contribution in [2.24, 2.45) is 0 Å². The third-order valence-electron chi connectivity index (χ3n) is 5.62. The van der Waals surface area contributed by atoms with E-state index in [1.54, 1.807) is 0 Å². The number of aromatic nitrogens is 2. The number of hydrogen-bond donors (Lipinski definition) is 2. The molecule has 0 spiro atoms. The van der Waals surface area contributed by atoms with Crippen LogP contribution in [0.1, 0.15) is 27.0 Å². The van der Waals surface area contributed by atoms with Gasteiger partial charge in [-0.1, -0.05) is 26.8 Å². The topological polar surface area (TPSA) is 103 Å². The molecule has 0 aromatic carbocycles. The SMILES string of the molecule is C=C[C@]1(CO)O[C@@H](n2ccc(=O)[nH]c2=O)[C@@H](OC)[C@@H]1O[Si](C)(C)C(C)(C)C. The number of nitrogens with zero attached hydrogens (tertiary/aromatic N) is 1. The molecule has 0 amide bonds. The van der Waals surface area contributed by atoms with Crippen LogP contribution in [0.25, 0.3) is 0 Å². The Morgan fingerprint density at radius 2 is 2.07 bits per heavy atom. The molecule has 2 N–H and O–H groups in total.